The standard InChI is InChI=1S/C18H14O3S/c19-18(20)16-10-11-22-17(16)14-6-8-15(9-7-14)21-12-13-4-2-1-3-5-13/h1-11H,12H2,(H,19,20). The van der Waals surface area contributed by atoms with E-state index in [-0.39, 0.29) is 0 Å². The van der Waals surface area contributed by atoms with E-state index in [1.165, 1.54) is 11.3 Å². The minimum absolute atomic E-state index is 0.336. The van der Waals surface area contributed by atoms with Gasteiger partial charge < -0.3 is 9.84 Å². The molecule has 0 fully saturated rings. The number of ether oxygens (including phenoxy) is 1. The Morgan fingerprint density at radius 2 is 1.73 bits per heavy atom. The van der Waals surface area contributed by atoms with E-state index in [1.807, 2.05) is 54.6 Å². The lowest BCUT2D eigenvalue weighted by molar-refractivity contribution is 0.0698. The zero-order valence-electron chi connectivity index (χ0n) is 11.7. The monoisotopic (exact) mass is 310 g/mol. The molecule has 0 bridgehead atoms. The van der Waals surface area contributed by atoms with E-state index in [0.717, 1.165) is 21.8 Å². The lowest BCUT2D eigenvalue weighted by Gasteiger charge is -2.07. The normalized spacial score (nSPS) is 10.4. The van der Waals surface area contributed by atoms with Gasteiger partial charge >= 0.3 is 5.97 Å². The summed E-state index contributed by atoms with van der Waals surface area (Å²) in [6, 6.07) is 19.1. The topological polar surface area (TPSA) is 46.5 Å². The van der Waals surface area contributed by atoms with Crippen molar-refractivity contribution in [3.63, 3.8) is 0 Å². The highest BCUT2D eigenvalue weighted by Gasteiger charge is 2.12. The SMILES string of the molecule is O=C(O)c1ccsc1-c1ccc(OCc2ccccc2)cc1. The summed E-state index contributed by atoms with van der Waals surface area (Å²) in [7, 11) is 0. The molecular formula is C18H14O3S. The van der Waals surface area contributed by atoms with Gasteiger partial charge in [-0.05, 0) is 46.8 Å². The van der Waals surface area contributed by atoms with E-state index < -0.39 is 5.97 Å². The number of hydrogen-bond acceptors (Lipinski definition) is 3. The van der Waals surface area contributed by atoms with E-state index in [4.69, 9.17) is 9.84 Å². The van der Waals surface area contributed by atoms with Gasteiger partial charge in [0.1, 0.15) is 12.4 Å². The quantitative estimate of drug-likeness (QED) is 0.743. The molecule has 0 saturated carbocycles. The van der Waals surface area contributed by atoms with E-state index >= 15 is 0 Å². The van der Waals surface area contributed by atoms with Crippen LogP contribution in [-0.2, 0) is 6.61 Å². The Morgan fingerprint density at radius 3 is 2.41 bits per heavy atom. The van der Waals surface area contributed by atoms with E-state index in [1.54, 1.807) is 11.4 Å². The molecule has 0 unspecified atom stereocenters. The second kappa shape index (κ2) is 6.45. The number of benzene rings is 2. The molecule has 0 aliphatic carbocycles. The molecule has 4 heteroatoms. The molecule has 22 heavy (non-hydrogen) atoms. The summed E-state index contributed by atoms with van der Waals surface area (Å²) in [6.07, 6.45) is 0. The number of carbonyl (C=O) groups is 1. The van der Waals surface area contributed by atoms with Gasteiger partial charge in [0.2, 0.25) is 0 Å². The molecule has 0 aliphatic heterocycles. The predicted molar refractivity (Wildman–Crippen MR) is 87.5 cm³/mol. The molecule has 3 aromatic rings. The maximum Gasteiger partial charge on any atom is 0.337 e. The van der Waals surface area contributed by atoms with Crippen LogP contribution in [0.2, 0.25) is 0 Å². The van der Waals surface area contributed by atoms with Crippen LogP contribution in [0.1, 0.15) is 15.9 Å². The summed E-state index contributed by atoms with van der Waals surface area (Å²) in [5.74, 6) is -0.137. The summed E-state index contributed by atoms with van der Waals surface area (Å²) in [5.41, 5.74) is 2.33. The van der Waals surface area contributed by atoms with Gasteiger partial charge in [0.05, 0.1) is 5.56 Å². The molecule has 110 valence electrons. The number of rotatable bonds is 5. The number of hydrogen-bond donors (Lipinski definition) is 1. The van der Waals surface area contributed by atoms with Crippen LogP contribution in [0, 0.1) is 0 Å². The van der Waals surface area contributed by atoms with Crippen LogP contribution >= 0.6 is 11.3 Å². The molecule has 0 radical (unpaired) electrons. The third kappa shape index (κ3) is 3.18. The molecular weight excluding hydrogens is 296 g/mol. The Hall–Kier alpha value is -2.59. The lowest BCUT2D eigenvalue weighted by atomic mass is 10.1. The summed E-state index contributed by atoms with van der Waals surface area (Å²) in [5, 5.41) is 11.0. The Labute approximate surface area is 132 Å². The van der Waals surface area contributed by atoms with Gasteiger partial charge in [-0.2, -0.15) is 0 Å². The minimum atomic E-state index is -0.902. The van der Waals surface area contributed by atoms with Crippen LogP contribution in [0.5, 0.6) is 5.75 Å². The second-order valence-electron chi connectivity index (χ2n) is 4.77. The van der Waals surface area contributed by atoms with Gasteiger partial charge in [-0.25, -0.2) is 4.79 Å². The van der Waals surface area contributed by atoms with Crippen LogP contribution in [-0.4, -0.2) is 11.1 Å². The van der Waals surface area contributed by atoms with Crippen molar-refractivity contribution in [2.45, 2.75) is 6.61 Å². The highest BCUT2D eigenvalue weighted by molar-refractivity contribution is 7.14. The summed E-state index contributed by atoms with van der Waals surface area (Å²) in [6.45, 7) is 0.513. The summed E-state index contributed by atoms with van der Waals surface area (Å²) >= 11 is 1.43. The highest BCUT2D eigenvalue weighted by atomic mass is 32.1. The number of aromatic carboxylic acids is 1. The minimum Gasteiger partial charge on any atom is -0.489 e. The first-order chi connectivity index (χ1) is 10.7. The first-order valence-electron chi connectivity index (χ1n) is 6.82. The first kappa shape index (κ1) is 14.4. The Morgan fingerprint density at radius 1 is 1.00 bits per heavy atom. The highest BCUT2D eigenvalue weighted by Crippen LogP contribution is 2.31. The van der Waals surface area contributed by atoms with Crippen molar-refractivity contribution in [3.8, 4) is 16.2 Å². The van der Waals surface area contributed by atoms with E-state index in [9.17, 15) is 4.79 Å². The smallest absolute Gasteiger partial charge is 0.337 e. The zero-order valence-corrected chi connectivity index (χ0v) is 12.5. The van der Waals surface area contributed by atoms with Gasteiger partial charge in [-0.3, -0.25) is 0 Å². The molecule has 3 rings (SSSR count). The molecule has 2 aromatic carbocycles. The number of carboxylic acids is 1. The third-order valence-electron chi connectivity index (χ3n) is 3.26. The zero-order chi connectivity index (χ0) is 15.4. The van der Waals surface area contributed by atoms with Gasteiger partial charge in [0.25, 0.3) is 0 Å². The van der Waals surface area contributed by atoms with Crippen molar-refractivity contribution < 1.29 is 14.6 Å². The average molecular weight is 310 g/mol. The Balaban J connectivity index is 1.73. The van der Waals surface area contributed by atoms with Crippen molar-refractivity contribution in [3.05, 3.63) is 77.2 Å². The molecule has 1 N–H and O–H groups in total. The van der Waals surface area contributed by atoms with Gasteiger partial charge in [0, 0.05) is 4.88 Å². The molecule has 0 amide bonds. The average Bonchev–Trinajstić information content (AvgIpc) is 3.04. The fraction of sp³-hybridized carbons (Fsp3) is 0.0556. The fourth-order valence-corrected chi connectivity index (χ4v) is 3.04. The van der Waals surface area contributed by atoms with E-state index in [2.05, 4.69) is 0 Å². The van der Waals surface area contributed by atoms with Crippen LogP contribution in [0.3, 0.4) is 0 Å². The van der Waals surface area contributed by atoms with Gasteiger partial charge in [0.15, 0.2) is 0 Å². The van der Waals surface area contributed by atoms with Crippen LogP contribution in [0.15, 0.2) is 66.0 Å². The van der Waals surface area contributed by atoms with Crippen molar-refractivity contribution in [2.75, 3.05) is 0 Å². The molecule has 3 nitrogen and oxygen atoms in total. The first-order valence-corrected chi connectivity index (χ1v) is 7.70. The van der Waals surface area contributed by atoms with Gasteiger partial charge in [-0.15, -0.1) is 11.3 Å². The maximum atomic E-state index is 11.2. The number of thiophene rings is 1. The predicted octanol–water partition coefficient (Wildman–Crippen LogP) is 4.69. The van der Waals surface area contributed by atoms with Gasteiger partial charge in [-0.1, -0.05) is 30.3 Å². The van der Waals surface area contributed by atoms with Crippen molar-refractivity contribution in [1.29, 1.82) is 0 Å². The molecule has 0 atom stereocenters. The molecule has 0 spiro atoms. The van der Waals surface area contributed by atoms with Crippen LogP contribution in [0.25, 0.3) is 10.4 Å². The van der Waals surface area contributed by atoms with Crippen molar-refractivity contribution in [1.82, 2.24) is 0 Å². The largest absolute Gasteiger partial charge is 0.489 e. The lowest BCUT2D eigenvalue weighted by Crippen LogP contribution is -1.96. The summed E-state index contributed by atoms with van der Waals surface area (Å²) in [4.78, 5) is 11.9. The van der Waals surface area contributed by atoms with E-state index in [0.29, 0.717) is 12.2 Å². The fourth-order valence-electron chi connectivity index (χ4n) is 2.14. The maximum absolute atomic E-state index is 11.2. The second-order valence-corrected chi connectivity index (χ2v) is 5.68. The number of carboxylic acid groups (broad SMARTS) is 1. The van der Waals surface area contributed by atoms with Crippen molar-refractivity contribution >= 4 is 17.3 Å². The van der Waals surface area contributed by atoms with Crippen LogP contribution in [0.4, 0.5) is 0 Å². The van der Waals surface area contributed by atoms with Crippen molar-refractivity contribution in [2.24, 2.45) is 0 Å². The molecule has 1 aromatic heterocycles. The molecule has 0 saturated heterocycles. The summed E-state index contributed by atoms with van der Waals surface area (Å²) < 4.78 is 5.73. The molecule has 0 aliphatic rings. The third-order valence-corrected chi connectivity index (χ3v) is 4.22. The Bertz CT molecular complexity index is 761. The Kier molecular flexibility index (Phi) is 4.21. The molecule has 1 heterocycles. The van der Waals surface area contributed by atoms with Crippen LogP contribution < -0.4 is 4.74 Å².